The van der Waals surface area contributed by atoms with Gasteiger partial charge in [0.05, 0.1) is 20.3 Å². The van der Waals surface area contributed by atoms with E-state index in [-0.39, 0.29) is 6.03 Å². The minimum atomic E-state index is 0.0569. The van der Waals surface area contributed by atoms with E-state index in [1.54, 1.807) is 7.11 Å². The Balaban J connectivity index is 1.44. The van der Waals surface area contributed by atoms with Crippen molar-refractivity contribution in [2.24, 2.45) is 17.8 Å². The molecule has 1 aliphatic carbocycles. The number of carbonyl (C=O) groups excluding carboxylic acids is 1. The number of carbonyl (C=O) groups is 1. The minimum absolute atomic E-state index is 0.0569. The highest BCUT2D eigenvalue weighted by Gasteiger charge is 2.31. The predicted molar refractivity (Wildman–Crippen MR) is 102 cm³/mol. The Labute approximate surface area is 157 Å². The number of urea groups is 1. The molecule has 3 rings (SSSR count). The maximum absolute atomic E-state index is 12.6. The van der Waals surface area contributed by atoms with Crippen molar-refractivity contribution >= 4 is 6.03 Å². The van der Waals surface area contributed by atoms with Crippen LogP contribution < -0.4 is 10.1 Å². The van der Waals surface area contributed by atoms with Crippen LogP contribution in [0.25, 0.3) is 0 Å². The summed E-state index contributed by atoms with van der Waals surface area (Å²) in [4.78, 5) is 14.6. The zero-order valence-electron chi connectivity index (χ0n) is 16.1. The highest BCUT2D eigenvalue weighted by atomic mass is 16.5. The first-order chi connectivity index (χ1) is 12.7. The van der Waals surface area contributed by atoms with Crippen LogP contribution >= 0.6 is 0 Å². The quantitative estimate of drug-likeness (QED) is 0.847. The molecule has 5 nitrogen and oxygen atoms in total. The summed E-state index contributed by atoms with van der Waals surface area (Å²) in [5.41, 5.74) is 1.26. The molecule has 1 saturated carbocycles. The fourth-order valence-corrected chi connectivity index (χ4v) is 3.83. The maximum atomic E-state index is 12.6. The van der Waals surface area contributed by atoms with Gasteiger partial charge in [0.15, 0.2) is 0 Å². The smallest absolute Gasteiger partial charge is 0.317 e. The number of amides is 2. The fourth-order valence-electron chi connectivity index (χ4n) is 3.83. The van der Waals surface area contributed by atoms with Crippen LogP contribution in [0.15, 0.2) is 24.3 Å². The molecular formula is C21H32N2O3. The summed E-state index contributed by atoms with van der Waals surface area (Å²) in [5, 5.41) is 3.12. The molecule has 1 saturated heterocycles. The Morgan fingerprint density at radius 3 is 2.73 bits per heavy atom. The molecule has 1 aliphatic heterocycles. The Hall–Kier alpha value is -1.75. The summed E-state index contributed by atoms with van der Waals surface area (Å²) in [6.45, 7) is 5.86. The molecule has 144 valence electrons. The van der Waals surface area contributed by atoms with Crippen LogP contribution in [0.5, 0.6) is 5.75 Å². The van der Waals surface area contributed by atoms with E-state index in [0.29, 0.717) is 31.5 Å². The molecule has 2 unspecified atom stereocenters. The van der Waals surface area contributed by atoms with Crippen molar-refractivity contribution in [2.75, 3.05) is 40.0 Å². The SMILES string of the molecule is COc1ccc(CC(C)CNC(=O)N2CCOCC(C3CCC3)C2)cc1. The molecule has 1 aromatic carbocycles. The zero-order valence-corrected chi connectivity index (χ0v) is 16.1. The zero-order chi connectivity index (χ0) is 18.4. The van der Waals surface area contributed by atoms with Gasteiger partial charge in [0, 0.05) is 25.6 Å². The van der Waals surface area contributed by atoms with Gasteiger partial charge in [0.2, 0.25) is 0 Å². The van der Waals surface area contributed by atoms with E-state index in [9.17, 15) is 4.79 Å². The number of methoxy groups -OCH3 is 1. The van der Waals surface area contributed by atoms with E-state index in [1.807, 2.05) is 17.0 Å². The Bertz CT molecular complexity index is 571. The summed E-state index contributed by atoms with van der Waals surface area (Å²) in [6, 6.07) is 8.21. The number of hydrogen-bond donors (Lipinski definition) is 1. The summed E-state index contributed by atoms with van der Waals surface area (Å²) in [7, 11) is 1.68. The molecule has 0 radical (unpaired) electrons. The lowest BCUT2D eigenvalue weighted by atomic mass is 9.76. The second kappa shape index (κ2) is 9.26. The first kappa shape index (κ1) is 19.0. The summed E-state index contributed by atoms with van der Waals surface area (Å²) < 4.78 is 10.9. The first-order valence-electron chi connectivity index (χ1n) is 9.89. The monoisotopic (exact) mass is 360 g/mol. The van der Waals surface area contributed by atoms with E-state index in [4.69, 9.17) is 9.47 Å². The molecule has 2 amide bonds. The molecule has 26 heavy (non-hydrogen) atoms. The molecule has 1 aromatic rings. The van der Waals surface area contributed by atoms with E-state index >= 15 is 0 Å². The fraction of sp³-hybridized carbons (Fsp3) is 0.667. The molecule has 2 fully saturated rings. The largest absolute Gasteiger partial charge is 0.497 e. The molecule has 2 atom stereocenters. The van der Waals surface area contributed by atoms with Gasteiger partial charge in [-0.1, -0.05) is 38.3 Å². The topological polar surface area (TPSA) is 50.8 Å². The van der Waals surface area contributed by atoms with Gasteiger partial charge in [-0.3, -0.25) is 0 Å². The van der Waals surface area contributed by atoms with Crippen molar-refractivity contribution in [1.82, 2.24) is 10.2 Å². The van der Waals surface area contributed by atoms with E-state index < -0.39 is 0 Å². The third kappa shape index (κ3) is 5.13. The highest BCUT2D eigenvalue weighted by molar-refractivity contribution is 5.74. The maximum Gasteiger partial charge on any atom is 0.317 e. The molecule has 0 spiro atoms. The number of benzene rings is 1. The van der Waals surface area contributed by atoms with Crippen molar-refractivity contribution in [3.63, 3.8) is 0 Å². The van der Waals surface area contributed by atoms with Gasteiger partial charge in [0.25, 0.3) is 0 Å². The molecule has 0 bridgehead atoms. The average molecular weight is 360 g/mol. The minimum Gasteiger partial charge on any atom is -0.497 e. The van der Waals surface area contributed by atoms with Crippen LogP contribution in [-0.4, -0.2) is 50.9 Å². The molecule has 0 aromatic heterocycles. The number of hydrogen-bond acceptors (Lipinski definition) is 3. The molecule has 1 heterocycles. The van der Waals surface area contributed by atoms with Crippen LogP contribution in [0.4, 0.5) is 4.79 Å². The molecule has 2 aliphatic rings. The van der Waals surface area contributed by atoms with E-state index in [1.165, 1.54) is 24.8 Å². The van der Waals surface area contributed by atoms with Crippen LogP contribution in [0.2, 0.25) is 0 Å². The van der Waals surface area contributed by atoms with Crippen molar-refractivity contribution in [2.45, 2.75) is 32.6 Å². The van der Waals surface area contributed by atoms with Crippen LogP contribution in [0, 0.1) is 17.8 Å². The Morgan fingerprint density at radius 1 is 1.31 bits per heavy atom. The second-order valence-electron chi connectivity index (χ2n) is 7.82. The van der Waals surface area contributed by atoms with Gasteiger partial charge < -0.3 is 19.7 Å². The summed E-state index contributed by atoms with van der Waals surface area (Å²) in [5.74, 6) is 2.52. The highest BCUT2D eigenvalue weighted by Crippen LogP contribution is 2.34. The number of nitrogens with zero attached hydrogens (tertiary/aromatic N) is 1. The van der Waals surface area contributed by atoms with Crippen molar-refractivity contribution < 1.29 is 14.3 Å². The van der Waals surface area contributed by atoms with Crippen molar-refractivity contribution in [3.05, 3.63) is 29.8 Å². The van der Waals surface area contributed by atoms with Gasteiger partial charge in [-0.25, -0.2) is 4.79 Å². The molecule has 1 N–H and O–H groups in total. The van der Waals surface area contributed by atoms with Crippen LogP contribution in [0.1, 0.15) is 31.7 Å². The lowest BCUT2D eigenvalue weighted by Gasteiger charge is -2.35. The summed E-state index contributed by atoms with van der Waals surface area (Å²) in [6.07, 6.45) is 4.86. The third-order valence-corrected chi connectivity index (χ3v) is 5.74. The third-order valence-electron chi connectivity index (χ3n) is 5.74. The van der Waals surface area contributed by atoms with Gasteiger partial charge in [0.1, 0.15) is 5.75 Å². The second-order valence-corrected chi connectivity index (χ2v) is 7.82. The Morgan fingerprint density at radius 2 is 2.08 bits per heavy atom. The van der Waals surface area contributed by atoms with Gasteiger partial charge in [-0.2, -0.15) is 0 Å². The van der Waals surface area contributed by atoms with Crippen LogP contribution in [0.3, 0.4) is 0 Å². The van der Waals surface area contributed by atoms with Crippen molar-refractivity contribution in [3.8, 4) is 5.75 Å². The van der Waals surface area contributed by atoms with Crippen LogP contribution in [-0.2, 0) is 11.2 Å². The number of nitrogens with one attached hydrogen (secondary N) is 1. The lowest BCUT2D eigenvalue weighted by molar-refractivity contribution is 0.0775. The normalized spacial score (nSPS) is 22.2. The standard InChI is InChI=1S/C21H32N2O3/c1-16(12-17-6-8-20(25-2)9-7-17)13-22-21(24)23-10-11-26-15-19(14-23)18-4-3-5-18/h6-9,16,18-19H,3-5,10-15H2,1-2H3,(H,22,24). The lowest BCUT2D eigenvalue weighted by Crippen LogP contribution is -2.45. The van der Waals surface area contributed by atoms with Gasteiger partial charge >= 0.3 is 6.03 Å². The predicted octanol–water partition coefficient (Wildman–Crippen LogP) is 3.33. The molecular weight excluding hydrogens is 328 g/mol. The average Bonchev–Trinajstić information content (AvgIpc) is 2.85. The first-order valence-corrected chi connectivity index (χ1v) is 9.89. The van der Waals surface area contributed by atoms with Gasteiger partial charge in [-0.15, -0.1) is 0 Å². The molecule has 5 heteroatoms. The van der Waals surface area contributed by atoms with Crippen molar-refractivity contribution in [1.29, 1.82) is 0 Å². The van der Waals surface area contributed by atoms with E-state index in [0.717, 1.165) is 31.2 Å². The number of ether oxygens (including phenoxy) is 2. The summed E-state index contributed by atoms with van der Waals surface area (Å²) >= 11 is 0. The number of rotatable bonds is 6. The van der Waals surface area contributed by atoms with Gasteiger partial charge in [-0.05, 0) is 36.0 Å². The van der Waals surface area contributed by atoms with E-state index in [2.05, 4.69) is 24.4 Å². The Kier molecular flexibility index (Phi) is 6.78.